The van der Waals surface area contributed by atoms with Gasteiger partial charge in [0.1, 0.15) is 17.3 Å². The van der Waals surface area contributed by atoms with Crippen molar-refractivity contribution in [2.45, 2.75) is 0 Å². The molecule has 0 saturated carbocycles. The predicted octanol–water partition coefficient (Wildman–Crippen LogP) is 2.99. The zero-order chi connectivity index (χ0) is 16.5. The number of benzene rings is 2. The summed E-state index contributed by atoms with van der Waals surface area (Å²) in [4.78, 5) is 9.49. The van der Waals surface area contributed by atoms with Gasteiger partial charge in [0.25, 0.3) is 0 Å². The lowest BCUT2D eigenvalue weighted by Crippen LogP contribution is -2.47. The molecule has 0 aromatic heterocycles. The molecule has 1 fully saturated rings. The molecule has 2 aliphatic rings. The standard InChI is InChI=1S/C19H18N4O/c1-22-8-10-23(11-9-22)19-15-12-14(13-20)6-7-17(15)24-18-5-3-2-4-16(18)21-19/h2-7,12H,8-11H2,1H3. The van der Waals surface area contributed by atoms with Crippen LogP contribution in [-0.4, -0.2) is 48.9 Å². The highest BCUT2D eigenvalue weighted by atomic mass is 16.5. The zero-order valence-corrected chi connectivity index (χ0v) is 13.6. The molecule has 0 spiro atoms. The molecule has 1 saturated heterocycles. The van der Waals surface area contributed by atoms with Gasteiger partial charge in [0.15, 0.2) is 5.75 Å². The Labute approximate surface area is 141 Å². The molecular formula is C19H18N4O. The van der Waals surface area contributed by atoms with E-state index in [4.69, 9.17) is 9.73 Å². The number of amidine groups is 1. The van der Waals surface area contributed by atoms with Gasteiger partial charge in [-0.05, 0) is 37.4 Å². The summed E-state index contributed by atoms with van der Waals surface area (Å²) in [6, 6.07) is 15.5. The van der Waals surface area contributed by atoms with Gasteiger partial charge >= 0.3 is 0 Å². The van der Waals surface area contributed by atoms with Crippen LogP contribution in [0.3, 0.4) is 0 Å². The summed E-state index contributed by atoms with van der Waals surface area (Å²) in [5, 5.41) is 9.26. The number of ether oxygens (including phenoxy) is 1. The summed E-state index contributed by atoms with van der Waals surface area (Å²) in [7, 11) is 2.13. The first-order valence-corrected chi connectivity index (χ1v) is 8.08. The van der Waals surface area contributed by atoms with E-state index in [0.717, 1.165) is 54.8 Å². The molecule has 5 heteroatoms. The number of rotatable bonds is 0. The number of nitrogens with zero attached hydrogens (tertiary/aromatic N) is 4. The van der Waals surface area contributed by atoms with Gasteiger partial charge in [0, 0.05) is 26.2 Å². The Bertz CT molecular complexity index is 845. The Hall–Kier alpha value is -2.84. The molecule has 2 heterocycles. The Kier molecular flexibility index (Phi) is 3.68. The van der Waals surface area contributed by atoms with Gasteiger partial charge in [-0.1, -0.05) is 12.1 Å². The fourth-order valence-corrected chi connectivity index (χ4v) is 3.05. The molecule has 120 valence electrons. The van der Waals surface area contributed by atoms with Crippen LogP contribution in [0.5, 0.6) is 11.5 Å². The van der Waals surface area contributed by atoms with Crippen LogP contribution in [0.2, 0.25) is 0 Å². The predicted molar refractivity (Wildman–Crippen MR) is 92.9 cm³/mol. The van der Waals surface area contributed by atoms with E-state index in [1.807, 2.05) is 36.4 Å². The third-order valence-electron chi connectivity index (χ3n) is 4.46. The Balaban J connectivity index is 1.85. The summed E-state index contributed by atoms with van der Waals surface area (Å²) in [5.41, 5.74) is 2.32. The van der Waals surface area contributed by atoms with Crippen LogP contribution in [0.1, 0.15) is 11.1 Å². The minimum atomic E-state index is 0.616. The number of likely N-dealkylation sites (N-methyl/N-ethyl adjacent to an activating group) is 1. The first-order valence-electron chi connectivity index (χ1n) is 8.08. The van der Waals surface area contributed by atoms with Crippen molar-refractivity contribution in [3.63, 3.8) is 0 Å². The van der Waals surface area contributed by atoms with Crippen molar-refractivity contribution in [1.82, 2.24) is 9.80 Å². The van der Waals surface area contributed by atoms with Crippen LogP contribution in [0.25, 0.3) is 0 Å². The lowest BCUT2D eigenvalue weighted by atomic mass is 10.1. The lowest BCUT2D eigenvalue weighted by molar-refractivity contribution is 0.215. The summed E-state index contributed by atoms with van der Waals surface area (Å²) < 4.78 is 6.08. The first-order chi connectivity index (χ1) is 11.7. The van der Waals surface area contributed by atoms with Gasteiger partial charge in [0.05, 0.1) is 17.2 Å². The molecule has 2 aromatic rings. The minimum Gasteiger partial charge on any atom is -0.454 e. The second kappa shape index (κ2) is 5.99. The second-order valence-electron chi connectivity index (χ2n) is 6.12. The molecule has 5 nitrogen and oxygen atoms in total. The van der Waals surface area contributed by atoms with Crippen LogP contribution in [0.4, 0.5) is 5.69 Å². The monoisotopic (exact) mass is 318 g/mol. The van der Waals surface area contributed by atoms with Crippen LogP contribution < -0.4 is 4.74 Å². The third kappa shape index (κ3) is 2.61. The van der Waals surface area contributed by atoms with E-state index in [1.54, 1.807) is 6.07 Å². The quantitative estimate of drug-likeness (QED) is 0.749. The van der Waals surface area contributed by atoms with Crippen molar-refractivity contribution in [1.29, 1.82) is 5.26 Å². The van der Waals surface area contributed by atoms with Crippen LogP contribution in [-0.2, 0) is 0 Å². The van der Waals surface area contributed by atoms with E-state index < -0.39 is 0 Å². The SMILES string of the molecule is CN1CCN(C2=Nc3ccccc3Oc3ccc(C#N)cc32)CC1. The summed E-state index contributed by atoms with van der Waals surface area (Å²) in [5.74, 6) is 2.38. The highest BCUT2D eigenvalue weighted by molar-refractivity contribution is 6.04. The normalized spacial score (nSPS) is 17.0. The van der Waals surface area contributed by atoms with E-state index in [-0.39, 0.29) is 0 Å². The van der Waals surface area contributed by atoms with Crippen molar-refractivity contribution >= 4 is 11.5 Å². The minimum absolute atomic E-state index is 0.616. The number of nitriles is 1. The molecule has 24 heavy (non-hydrogen) atoms. The molecule has 4 rings (SSSR count). The molecule has 0 aliphatic carbocycles. The van der Waals surface area contributed by atoms with Crippen LogP contribution in [0, 0.1) is 11.3 Å². The van der Waals surface area contributed by atoms with E-state index >= 15 is 0 Å². The lowest BCUT2D eigenvalue weighted by Gasteiger charge is -2.34. The number of hydrogen-bond donors (Lipinski definition) is 0. The number of para-hydroxylation sites is 2. The van der Waals surface area contributed by atoms with Crippen molar-refractivity contribution in [3.05, 3.63) is 53.6 Å². The first kappa shape index (κ1) is 14.7. The van der Waals surface area contributed by atoms with Gasteiger partial charge in [0.2, 0.25) is 0 Å². The second-order valence-corrected chi connectivity index (χ2v) is 6.12. The maximum Gasteiger partial charge on any atom is 0.153 e. The summed E-state index contributed by atoms with van der Waals surface area (Å²) >= 11 is 0. The molecule has 0 amide bonds. The van der Waals surface area contributed by atoms with Crippen LogP contribution >= 0.6 is 0 Å². The topological polar surface area (TPSA) is 51.9 Å². The fraction of sp³-hybridized carbons (Fsp3) is 0.263. The molecule has 0 bridgehead atoms. The van der Waals surface area contributed by atoms with Gasteiger partial charge in [-0.15, -0.1) is 0 Å². The Morgan fingerprint density at radius 2 is 1.83 bits per heavy atom. The van der Waals surface area contributed by atoms with Gasteiger partial charge < -0.3 is 14.5 Å². The summed E-state index contributed by atoms with van der Waals surface area (Å²) in [6.45, 7) is 3.81. The smallest absolute Gasteiger partial charge is 0.153 e. The van der Waals surface area contributed by atoms with E-state index in [0.29, 0.717) is 5.56 Å². The maximum atomic E-state index is 9.26. The third-order valence-corrected chi connectivity index (χ3v) is 4.46. The molecule has 0 unspecified atom stereocenters. The van der Waals surface area contributed by atoms with Crippen LogP contribution in [0.15, 0.2) is 47.5 Å². The molecule has 0 radical (unpaired) electrons. The average Bonchev–Trinajstić information content (AvgIpc) is 2.78. The highest BCUT2D eigenvalue weighted by Crippen LogP contribution is 2.38. The largest absolute Gasteiger partial charge is 0.454 e. The van der Waals surface area contributed by atoms with Crippen molar-refractivity contribution in [3.8, 4) is 17.6 Å². The molecule has 2 aromatic carbocycles. The molecule has 2 aliphatic heterocycles. The zero-order valence-electron chi connectivity index (χ0n) is 13.6. The van der Waals surface area contributed by atoms with E-state index in [1.165, 1.54) is 0 Å². The Morgan fingerprint density at radius 3 is 2.62 bits per heavy atom. The molecule has 0 atom stereocenters. The average molecular weight is 318 g/mol. The molecule has 0 N–H and O–H groups in total. The number of aliphatic imine (C=N–C) groups is 1. The summed E-state index contributed by atoms with van der Waals surface area (Å²) in [6.07, 6.45) is 0. The Morgan fingerprint density at radius 1 is 1.04 bits per heavy atom. The van der Waals surface area contributed by atoms with Gasteiger partial charge in [-0.25, -0.2) is 4.99 Å². The molecular weight excluding hydrogens is 300 g/mol. The number of hydrogen-bond acceptors (Lipinski definition) is 5. The van der Waals surface area contributed by atoms with Gasteiger partial charge in [-0.2, -0.15) is 5.26 Å². The van der Waals surface area contributed by atoms with Gasteiger partial charge in [-0.3, -0.25) is 0 Å². The highest BCUT2D eigenvalue weighted by Gasteiger charge is 2.25. The van der Waals surface area contributed by atoms with E-state index in [2.05, 4.69) is 22.9 Å². The van der Waals surface area contributed by atoms with E-state index in [9.17, 15) is 5.26 Å². The number of piperazine rings is 1. The van der Waals surface area contributed by atoms with Crippen molar-refractivity contribution in [2.75, 3.05) is 33.2 Å². The maximum absolute atomic E-state index is 9.26. The number of fused-ring (bicyclic) bond motifs is 2. The fourth-order valence-electron chi connectivity index (χ4n) is 3.05. The van der Waals surface area contributed by atoms with Crippen molar-refractivity contribution in [2.24, 2.45) is 4.99 Å². The van der Waals surface area contributed by atoms with Crippen molar-refractivity contribution < 1.29 is 4.74 Å².